The van der Waals surface area contributed by atoms with Gasteiger partial charge in [-0.25, -0.2) is 13.1 Å². The highest BCUT2D eigenvalue weighted by Gasteiger charge is 2.28. The first-order chi connectivity index (χ1) is 11.9. The van der Waals surface area contributed by atoms with Crippen LogP contribution in [0.1, 0.15) is 18.4 Å². The minimum Gasteiger partial charge on any atom is -0.322 e. The van der Waals surface area contributed by atoms with Crippen molar-refractivity contribution >= 4 is 43.6 Å². The van der Waals surface area contributed by atoms with Crippen molar-refractivity contribution in [2.45, 2.75) is 23.8 Å². The fourth-order valence-electron chi connectivity index (χ4n) is 2.19. The van der Waals surface area contributed by atoms with Crippen molar-refractivity contribution in [1.29, 1.82) is 0 Å². The van der Waals surface area contributed by atoms with Gasteiger partial charge in [0.05, 0.1) is 4.90 Å². The molecule has 0 heterocycles. The lowest BCUT2D eigenvalue weighted by Gasteiger charge is -2.08. The number of sulfonamides is 1. The molecular formula is C18H17BrN2O3S. The van der Waals surface area contributed by atoms with E-state index in [-0.39, 0.29) is 16.8 Å². The highest BCUT2D eigenvalue weighted by molar-refractivity contribution is 9.10. The zero-order valence-corrected chi connectivity index (χ0v) is 15.7. The van der Waals surface area contributed by atoms with Crippen molar-refractivity contribution < 1.29 is 13.2 Å². The molecule has 1 aliphatic rings. The summed E-state index contributed by atoms with van der Waals surface area (Å²) in [7, 11) is -3.54. The second kappa shape index (κ2) is 7.51. The molecule has 1 aliphatic carbocycles. The third-order valence-electron chi connectivity index (χ3n) is 3.63. The Kier molecular flexibility index (Phi) is 5.36. The standard InChI is InChI=1S/C18H17BrN2O3S/c19-17-7-2-1-4-13(17)8-11-18(22)20-15-5-3-6-16(12-15)25(23,24)21-14-9-10-14/h1-8,11-12,14,21H,9-10H2,(H,20,22). The lowest BCUT2D eigenvalue weighted by Crippen LogP contribution is -2.25. The molecule has 0 radical (unpaired) electrons. The maximum Gasteiger partial charge on any atom is 0.248 e. The molecule has 130 valence electrons. The van der Waals surface area contributed by atoms with Crippen LogP contribution in [0, 0.1) is 0 Å². The van der Waals surface area contributed by atoms with Gasteiger partial charge in [0.15, 0.2) is 0 Å². The maximum atomic E-state index is 12.2. The number of halogens is 1. The van der Waals surface area contributed by atoms with E-state index in [1.807, 2.05) is 24.3 Å². The van der Waals surface area contributed by atoms with Crippen LogP contribution in [-0.2, 0) is 14.8 Å². The molecular weight excluding hydrogens is 404 g/mol. The first-order valence-electron chi connectivity index (χ1n) is 7.80. The first kappa shape index (κ1) is 17.8. The third-order valence-corrected chi connectivity index (χ3v) is 5.87. The van der Waals surface area contributed by atoms with Gasteiger partial charge in [-0.05, 0) is 48.7 Å². The minimum absolute atomic E-state index is 0.0375. The monoisotopic (exact) mass is 420 g/mol. The van der Waals surface area contributed by atoms with Crippen LogP contribution in [0.2, 0.25) is 0 Å². The van der Waals surface area contributed by atoms with Gasteiger partial charge in [-0.2, -0.15) is 0 Å². The van der Waals surface area contributed by atoms with Gasteiger partial charge in [0, 0.05) is 22.3 Å². The summed E-state index contributed by atoms with van der Waals surface area (Å²) in [5, 5.41) is 2.68. The molecule has 0 bridgehead atoms. The van der Waals surface area contributed by atoms with E-state index in [0.29, 0.717) is 5.69 Å². The van der Waals surface area contributed by atoms with E-state index >= 15 is 0 Å². The number of nitrogens with one attached hydrogen (secondary N) is 2. The highest BCUT2D eigenvalue weighted by Crippen LogP contribution is 2.23. The van der Waals surface area contributed by atoms with Gasteiger partial charge in [0.25, 0.3) is 0 Å². The number of amides is 1. The average molecular weight is 421 g/mol. The van der Waals surface area contributed by atoms with Gasteiger partial charge in [0.1, 0.15) is 0 Å². The normalized spacial score (nSPS) is 14.6. The number of anilines is 1. The Bertz CT molecular complexity index is 921. The van der Waals surface area contributed by atoms with Crippen LogP contribution in [0.25, 0.3) is 6.08 Å². The zero-order valence-electron chi connectivity index (χ0n) is 13.3. The second-order valence-electron chi connectivity index (χ2n) is 5.77. The van der Waals surface area contributed by atoms with Crippen LogP contribution in [0.3, 0.4) is 0 Å². The molecule has 0 spiro atoms. The predicted octanol–water partition coefficient (Wildman–Crippen LogP) is 3.54. The van der Waals surface area contributed by atoms with Crippen molar-refractivity contribution in [1.82, 2.24) is 4.72 Å². The molecule has 0 saturated heterocycles. The minimum atomic E-state index is -3.54. The maximum absolute atomic E-state index is 12.2. The molecule has 0 unspecified atom stereocenters. The summed E-state index contributed by atoms with van der Waals surface area (Å²) in [6.45, 7) is 0. The molecule has 3 rings (SSSR count). The largest absolute Gasteiger partial charge is 0.322 e. The fourth-order valence-corrected chi connectivity index (χ4v) is 3.96. The van der Waals surface area contributed by atoms with Crippen molar-refractivity contribution in [3.05, 3.63) is 64.6 Å². The topological polar surface area (TPSA) is 75.3 Å². The summed E-state index contributed by atoms with van der Waals surface area (Å²) in [4.78, 5) is 12.2. The molecule has 1 fully saturated rings. The number of carbonyl (C=O) groups is 1. The Morgan fingerprint density at radius 1 is 1.12 bits per heavy atom. The zero-order chi connectivity index (χ0) is 17.9. The van der Waals surface area contributed by atoms with Crippen molar-refractivity contribution in [3.8, 4) is 0 Å². The first-order valence-corrected chi connectivity index (χ1v) is 10.1. The Labute approximate surface area is 155 Å². The molecule has 1 saturated carbocycles. The lowest BCUT2D eigenvalue weighted by atomic mass is 10.2. The molecule has 5 nitrogen and oxygen atoms in total. The highest BCUT2D eigenvalue weighted by atomic mass is 79.9. The van der Waals surface area contributed by atoms with Crippen LogP contribution in [0.5, 0.6) is 0 Å². The molecule has 1 amide bonds. The van der Waals surface area contributed by atoms with Gasteiger partial charge in [-0.15, -0.1) is 0 Å². The van der Waals surface area contributed by atoms with Crippen LogP contribution in [0.4, 0.5) is 5.69 Å². The molecule has 2 N–H and O–H groups in total. The van der Waals surface area contributed by atoms with E-state index in [9.17, 15) is 13.2 Å². The molecule has 7 heteroatoms. The third kappa shape index (κ3) is 5.01. The number of hydrogen-bond acceptors (Lipinski definition) is 3. The molecule has 0 aromatic heterocycles. The molecule has 0 atom stereocenters. The molecule has 0 aliphatic heterocycles. The number of benzene rings is 2. The van der Waals surface area contributed by atoms with Gasteiger partial charge in [-0.1, -0.05) is 40.2 Å². The van der Waals surface area contributed by atoms with E-state index in [1.165, 1.54) is 18.2 Å². The SMILES string of the molecule is O=C(C=Cc1ccccc1Br)Nc1cccc(S(=O)(=O)NC2CC2)c1. The van der Waals surface area contributed by atoms with Gasteiger partial charge >= 0.3 is 0 Å². The molecule has 2 aromatic rings. The quantitative estimate of drug-likeness (QED) is 0.701. The number of carbonyl (C=O) groups excluding carboxylic acids is 1. The Balaban J connectivity index is 1.69. The summed E-state index contributed by atoms with van der Waals surface area (Å²) in [6.07, 6.45) is 4.84. The van der Waals surface area contributed by atoms with E-state index in [1.54, 1.807) is 18.2 Å². The van der Waals surface area contributed by atoms with Crippen LogP contribution in [-0.4, -0.2) is 20.4 Å². The molecule has 2 aromatic carbocycles. The van der Waals surface area contributed by atoms with E-state index in [0.717, 1.165) is 22.9 Å². The molecule has 25 heavy (non-hydrogen) atoms. The van der Waals surface area contributed by atoms with E-state index < -0.39 is 10.0 Å². The fraction of sp³-hybridized carbons (Fsp3) is 0.167. The Hall–Kier alpha value is -1.96. The van der Waals surface area contributed by atoms with Gasteiger partial charge in [0.2, 0.25) is 15.9 Å². The average Bonchev–Trinajstić information content (AvgIpc) is 3.38. The van der Waals surface area contributed by atoms with Gasteiger partial charge < -0.3 is 5.32 Å². The second-order valence-corrected chi connectivity index (χ2v) is 8.34. The summed E-state index contributed by atoms with van der Waals surface area (Å²) < 4.78 is 28.0. The number of hydrogen-bond donors (Lipinski definition) is 2. The predicted molar refractivity (Wildman–Crippen MR) is 102 cm³/mol. The van der Waals surface area contributed by atoms with E-state index in [2.05, 4.69) is 26.0 Å². The van der Waals surface area contributed by atoms with Crippen molar-refractivity contribution in [2.75, 3.05) is 5.32 Å². The summed E-state index contributed by atoms with van der Waals surface area (Å²) in [6, 6.07) is 13.8. The summed E-state index contributed by atoms with van der Waals surface area (Å²) in [5.41, 5.74) is 1.31. The summed E-state index contributed by atoms with van der Waals surface area (Å²) >= 11 is 3.41. The van der Waals surface area contributed by atoms with Crippen LogP contribution in [0.15, 0.2) is 64.0 Å². The van der Waals surface area contributed by atoms with Gasteiger partial charge in [-0.3, -0.25) is 4.79 Å². The smallest absolute Gasteiger partial charge is 0.248 e. The Morgan fingerprint density at radius 2 is 1.88 bits per heavy atom. The van der Waals surface area contributed by atoms with Crippen molar-refractivity contribution in [2.24, 2.45) is 0 Å². The Morgan fingerprint density at radius 3 is 2.60 bits per heavy atom. The summed E-state index contributed by atoms with van der Waals surface area (Å²) in [5.74, 6) is -0.333. The van der Waals surface area contributed by atoms with Crippen LogP contribution >= 0.6 is 15.9 Å². The number of rotatable bonds is 6. The lowest BCUT2D eigenvalue weighted by molar-refractivity contribution is -0.111. The van der Waals surface area contributed by atoms with E-state index in [4.69, 9.17) is 0 Å². The van der Waals surface area contributed by atoms with Crippen LogP contribution < -0.4 is 10.0 Å². The van der Waals surface area contributed by atoms with Crippen molar-refractivity contribution in [3.63, 3.8) is 0 Å².